The average Bonchev–Trinajstić information content (AvgIpc) is 2.49. The SMILES string of the molecule is COC/C=C(C)/C=C/[C@H]1[C@](C)(O)[C@@H](O)[C@H](O)C2C(C)(C)CCC[C@@]21C. The number of fused-ring (bicyclic) bond motifs is 1. The molecule has 144 valence electrons. The van der Waals surface area contributed by atoms with Crippen LogP contribution in [0.15, 0.2) is 23.8 Å². The van der Waals surface area contributed by atoms with Gasteiger partial charge >= 0.3 is 0 Å². The normalized spacial score (nSPS) is 44.8. The number of hydrogen-bond donors (Lipinski definition) is 3. The molecule has 0 heterocycles. The molecule has 2 fully saturated rings. The van der Waals surface area contributed by atoms with E-state index in [1.807, 2.05) is 25.2 Å². The van der Waals surface area contributed by atoms with E-state index < -0.39 is 17.8 Å². The van der Waals surface area contributed by atoms with Crippen LogP contribution in [0.1, 0.15) is 53.9 Å². The molecule has 0 aromatic heterocycles. The molecule has 0 saturated heterocycles. The lowest BCUT2D eigenvalue weighted by atomic mass is 9.44. The Labute approximate surface area is 152 Å². The van der Waals surface area contributed by atoms with Gasteiger partial charge in [-0.1, -0.05) is 51.0 Å². The van der Waals surface area contributed by atoms with Gasteiger partial charge < -0.3 is 20.1 Å². The second kappa shape index (κ2) is 7.15. The Hall–Kier alpha value is -0.680. The van der Waals surface area contributed by atoms with Crippen LogP contribution in [-0.4, -0.2) is 46.8 Å². The second-order valence-corrected chi connectivity index (χ2v) is 9.23. The van der Waals surface area contributed by atoms with Crippen molar-refractivity contribution >= 4 is 0 Å². The van der Waals surface area contributed by atoms with E-state index in [1.165, 1.54) is 0 Å². The highest BCUT2D eigenvalue weighted by molar-refractivity contribution is 5.24. The molecule has 2 rings (SSSR count). The minimum atomic E-state index is -1.36. The maximum absolute atomic E-state index is 11.1. The largest absolute Gasteiger partial charge is 0.390 e. The van der Waals surface area contributed by atoms with Gasteiger partial charge in [0.05, 0.1) is 18.3 Å². The average molecular weight is 353 g/mol. The Morgan fingerprint density at radius 1 is 1.16 bits per heavy atom. The van der Waals surface area contributed by atoms with Gasteiger partial charge in [0.1, 0.15) is 6.10 Å². The van der Waals surface area contributed by atoms with E-state index in [9.17, 15) is 15.3 Å². The first-order chi connectivity index (χ1) is 11.5. The zero-order valence-electron chi connectivity index (χ0n) is 16.6. The van der Waals surface area contributed by atoms with Crippen molar-refractivity contribution in [1.29, 1.82) is 0 Å². The summed E-state index contributed by atoms with van der Waals surface area (Å²) in [7, 11) is 1.66. The van der Waals surface area contributed by atoms with E-state index in [2.05, 4.69) is 20.8 Å². The van der Waals surface area contributed by atoms with Gasteiger partial charge in [0.2, 0.25) is 0 Å². The van der Waals surface area contributed by atoms with E-state index in [-0.39, 0.29) is 22.7 Å². The molecule has 25 heavy (non-hydrogen) atoms. The number of ether oxygens (including phenoxy) is 1. The highest BCUT2D eigenvalue weighted by Crippen LogP contribution is 2.62. The Balaban J connectivity index is 2.45. The Kier molecular flexibility index (Phi) is 5.90. The van der Waals surface area contributed by atoms with Crippen molar-refractivity contribution in [3.63, 3.8) is 0 Å². The molecule has 0 aromatic carbocycles. The summed E-state index contributed by atoms with van der Waals surface area (Å²) in [5, 5.41) is 32.7. The number of allylic oxidation sites excluding steroid dienone is 2. The van der Waals surface area contributed by atoms with Crippen LogP contribution in [0.3, 0.4) is 0 Å². The van der Waals surface area contributed by atoms with Crippen LogP contribution in [0, 0.1) is 22.7 Å². The standard InChI is InChI=1S/C21H36O4/c1-14(10-13-25-6)8-9-15-20(4)12-7-11-19(2,3)17(20)16(22)18(23)21(15,5)24/h8-10,15-18,22-24H,7,11-13H2,1-6H3/b9-8+,14-10+/t15-,16-,17?,18+,20-,21+/m1/s1. The summed E-state index contributed by atoms with van der Waals surface area (Å²) in [6.07, 6.45) is 7.01. The zero-order chi connectivity index (χ0) is 19.0. The third-order valence-electron chi connectivity index (χ3n) is 6.82. The fourth-order valence-electron chi connectivity index (χ4n) is 5.65. The maximum Gasteiger partial charge on any atom is 0.109 e. The van der Waals surface area contributed by atoms with Gasteiger partial charge in [-0.3, -0.25) is 0 Å². The summed E-state index contributed by atoms with van der Waals surface area (Å²) in [4.78, 5) is 0. The summed E-state index contributed by atoms with van der Waals surface area (Å²) in [6, 6.07) is 0. The first-order valence-electron chi connectivity index (χ1n) is 9.41. The Bertz CT molecular complexity index is 534. The van der Waals surface area contributed by atoms with Crippen molar-refractivity contribution in [2.45, 2.75) is 71.7 Å². The molecule has 6 atom stereocenters. The number of hydrogen-bond acceptors (Lipinski definition) is 4. The molecule has 0 amide bonds. The maximum atomic E-state index is 11.1. The topological polar surface area (TPSA) is 69.9 Å². The molecular weight excluding hydrogens is 316 g/mol. The summed E-state index contributed by atoms with van der Waals surface area (Å²) in [5.74, 6) is -0.282. The lowest BCUT2D eigenvalue weighted by Crippen LogP contribution is -2.69. The van der Waals surface area contributed by atoms with Crippen molar-refractivity contribution in [2.24, 2.45) is 22.7 Å². The van der Waals surface area contributed by atoms with Crippen molar-refractivity contribution < 1.29 is 20.1 Å². The fourth-order valence-corrected chi connectivity index (χ4v) is 5.65. The molecule has 0 aliphatic heterocycles. The highest BCUT2D eigenvalue weighted by Gasteiger charge is 2.64. The fraction of sp³-hybridized carbons (Fsp3) is 0.810. The predicted molar refractivity (Wildman–Crippen MR) is 100 cm³/mol. The van der Waals surface area contributed by atoms with Crippen LogP contribution in [0.2, 0.25) is 0 Å². The summed E-state index contributed by atoms with van der Waals surface area (Å²) < 4.78 is 5.08. The van der Waals surface area contributed by atoms with Gasteiger partial charge in [-0.05, 0) is 43.4 Å². The van der Waals surface area contributed by atoms with Crippen LogP contribution >= 0.6 is 0 Å². The van der Waals surface area contributed by atoms with Crippen LogP contribution in [0.25, 0.3) is 0 Å². The minimum Gasteiger partial charge on any atom is -0.390 e. The molecule has 2 saturated carbocycles. The van der Waals surface area contributed by atoms with Crippen LogP contribution in [0.5, 0.6) is 0 Å². The first kappa shape index (κ1) is 20.6. The Morgan fingerprint density at radius 3 is 2.40 bits per heavy atom. The second-order valence-electron chi connectivity index (χ2n) is 9.23. The third-order valence-corrected chi connectivity index (χ3v) is 6.82. The summed E-state index contributed by atoms with van der Waals surface area (Å²) in [6.45, 7) is 10.7. The van der Waals surface area contributed by atoms with Crippen molar-refractivity contribution in [3.8, 4) is 0 Å². The van der Waals surface area contributed by atoms with Crippen molar-refractivity contribution in [1.82, 2.24) is 0 Å². The molecule has 3 N–H and O–H groups in total. The Morgan fingerprint density at radius 2 is 1.80 bits per heavy atom. The summed E-state index contributed by atoms with van der Waals surface area (Å²) in [5.41, 5.74) is -0.636. The quantitative estimate of drug-likeness (QED) is 0.680. The van der Waals surface area contributed by atoms with Gasteiger partial charge in [0, 0.05) is 13.0 Å². The monoisotopic (exact) mass is 352 g/mol. The lowest BCUT2D eigenvalue weighted by molar-refractivity contribution is -0.255. The molecule has 2 aliphatic carbocycles. The molecule has 4 nitrogen and oxygen atoms in total. The molecule has 1 unspecified atom stereocenters. The lowest BCUT2D eigenvalue weighted by Gasteiger charge is -2.63. The third kappa shape index (κ3) is 3.59. The molecule has 0 spiro atoms. The smallest absolute Gasteiger partial charge is 0.109 e. The van der Waals surface area contributed by atoms with Crippen LogP contribution < -0.4 is 0 Å². The minimum absolute atomic E-state index is 0.0538. The van der Waals surface area contributed by atoms with Crippen molar-refractivity contribution in [2.75, 3.05) is 13.7 Å². The highest BCUT2D eigenvalue weighted by atomic mass is 16.5. The predicted octanol–water partition coefficient (Wildman–Crippen LogP) is 3.07. The molecular formula is C21H36O4. The van der Waals surface area contributed by atoms with Crippen LogP contribution in [0.4, 0.5) is 0 Å². The number of aliphatic hydroxyl groups is 3. The van der Waals surface area contributed by atoms with Gasteiger partial charge in [-0.15, -0.1) is 0 Å². The van der Waals surface area contributed by atoms with Crippen LogP contribution in [-0.2, 0) is 4.74 Å². The van der Waals surface area contributed by atoms with E-state index >= 15 is 0 Å². The van der Waals surface area contributed by atoms with E-state index in [4.69, 9.17) is 4.74 Å². The number of rotatable bonds is 4. The van der Waals surface area contributed by atoms with Gasteiger partial charge in [-0.25, -0.2) is 0 Å². The van der Waals surface area contributed by atoms with Gasteiger partial charge in [0.15, 0.2) is 0 Å². The van der Waals surface area contributed by atoms with Crippen molar-refractivity contribution in [3.05, 3.63) is 23.8 Å². The molecule has 2 aliphatic rings. The van der Waals surface area contributed by atoms with E-state index in [0.717, 1.165) is 24.8 Å². The molecule has 0 radical (unpaired) electrons. The first-order valence-corrected chi connectivity index (χ1v) is 9.41. The number of aliphatic hydroxyl groups excluding tert-OH is 2. The molecule has 4 heteroatoms. The molecule has 0 aromatic rings. The van der Waals surface area contributed by atoms with E-state index in [1.54, 1.807) is 14.0 Å². The van der Waals surface area contributed by atoms with Gasteiger partial charge in [-0.2, -0.15) is 0 Å². The molecule has 0 bridgehead atoms. The number of methoxy groups -OCH3 is 1. The van der Waals surface area contributed by atoms with Gasteiger partial charge in [0.25, 0.3) is 0 Å². The summed E-state index contributed by atoms with van der Waals surface area (Å²) >= 11 is 0. The van der Waals surface area contributed by atoms with E-state index in [0.29, 0.717) is 6.61 Å². The zero-order valence-corrected chi connectivity index (χ0v) is 16.6.